The molecule has 3 aromatic rings. The van der Waals surface area contributed by atoms with Crippen LogP contribution in [-0.4, -0.2) is 88.4 Å². The molecule has 4 aliphatic heterocycles. The van der Waals surface area contributed by atoms with Crippen LogP contribution in [-0.2, 0) is 9.59 Å². The van der Waals surface area contributed by atoms with Gasteiger partial charge in [-0.25, -0.2) is 4.98 Å². The molecule has 1 spiro atoms. The summed E-state index contributed by atoms with van der Waals surface area (Å²) >= 11 is 0. The summed E-state index contributed by atoms with van der Waals surface area (Å²) in [6.07, 6.45) is 6.52. The van der Waals surface area contributed by atoms with Crippen molar-refractivity contribution < 1.29 is 14.4 Å². The zero-order chi connectivity index (χ0) is 30.4. The second kappa shape index (κ2) is 11.3. The molecule has 0 aliphatic carbocycles. The first kappa shape index (κ1) is 28.4. The Morgan fingerprint density at radius 3 is 2.43 bits per heavy atom. The van der Waals surface area contributed by atoms with Crippen LogP contribution in [0.15, 0.2) is 41.3 Å². The first-order valence-electron chi connectivity index (χ1n) is 15.5. The maximum absolute atomic E-state index is 13.1. The van der Waals surface area contributed by atoms with Gasteiger partial charge in [-0.3, -0.25) is 24.5 Å². The van der Waals surface area contributed by atoms with E-state index in [0.29, 0.717) is 27.8 Å². The monoisotopic (exact) mass is 599 g/mol. The lowest BCUT2D eigenvalue weighted by Crippen LogP contribution is -2.61. The van der Waals surface area contributed by atoms with Gasteiger partial charge in [0.1, 0.15) is 17.4 Å². The average molecular weight is 600 g/mol. The number of nitrogens with two attached hydrogens (primary N) is 1. The summed E-state index contributed by atoms with van der Waals surface area (Å²) in [6, 6.07) is 8.45. The number of nitrogens with zero attached hydrogens (tertiary/aromatic N) is 7. The minimum absolute atomic E-state index is 0.171. The van der Waals surface area contributed by atoms with Crippen LogP contribution >= 0.6 is 0 Å². The van der Waals surface area contributed by atoms with Crippen LogP contribution in [0.4, 0.5) is 11.5 Å². The summed E-state index contributed by atoms with van der Waals surface area (Å²) in [5.41, 5.74) is 7.35. The van der Waals surface area contributed by atoms with E-state index in [1.54, 1.807) is 18.3 Å². The lowest BCUT2D eigenvalue weighted by Gasteiger charge is -2.55. The van der Waals surface area contributed by atoms with Gasteiger partial charge in [-0.05, 0) is 73.8 Å². The Balaban J connectivity index is 0.893. The number of likely N-dealkylation sites (tertiary alicyclic amines) is 1. The molecule has 2 aromatic heterocycles. The molecule has 1 aromatic carbocycles. The van der Waals surface area contributed by atoms with E-state index < -0.39 is 17.9 Å². The highest BCUT2D eigenvalue weighted by Crippen LogP contribution is 2.42. The molecule has 3 N–H and O–H groups in total. The quantitative estimate of drug-likeness (QED) is 0.393. The molecule has 0 bridgehead atoms. The van der Waals surface area contributed by atoms with Crippen molar-refractivity contribution in [3.05, 3.63) is 52.4 Å². The van der Waals surface area contributed by atoms with Crippen LogP contribution < -0.4 is 26.4 Å². The minimum atomic E-state index is -0.823. The number of hydrogen-bond acceptors (Lipinski definition) is 10. The third-order valence-corrected chi connectivity index (χ3v) is 9.97. The van der Waals surface area contributed by atoms with E-state index >= 15 is 0 Å². The van der Waals surface area contributed by atoms with Crippen molar-refractivity contribution in [3.8, 4) is 0 Å². The SMILES string of the molecule is NC(=O)c1ccc(N2CCC3(CC2)CN(CC2CCN(c4ccc5c(=O)n(C6CCC(=O)NC6=O)nnc5c4)CC2)C3)nc1. The van der Waals surface area contributed by atoms with Gasteiger partial charge in [0.25, 0.3) is 11.5 Å². The number of primary amides is 1. The Kier molecular flexibility index (Phi) is 7.27. The Labute approximate surface area is 254 Å². The first-order valence-corrected chi connectivity index (χ1v) is 15.5. The molecule has 3 amide bonds. The van der Waals surface area contributed by atoms with Crippen LogP contribution in [0.2, 0.25) is 0 Å². The maximum atomic E-state index is 13.1. The molecule has 13 nitrogen and oxygen atoms in total. The van der Waals surface area contributed by atoms with E-state index in [1.807, 2.05) is 18.2 Å². The average Bonchev–Trinajstić information content (AvgIpc) is 3.01. The van der Waals surface area contributed by atoms with Crippen LogP contribution in [0.1, 0.15) is 54.9 Å². The Morgan fingerprint density at radius 2 is 1.75 bits per heavy atom. The highest BCUT2D eigenvalue weighted by atomic mass is 16.2. The van der Waals surface area contributed by atoms with Crippen molar-refractivity contribution in [1.82, 2.24) is 30.2 Å². The van der Waals surface area contributed by atoms with E-state index in [2.05, 4.69) is 35.3 Å². The fourth-order valence-electron chi connectivity index (χ4n) is 7.38. The number of hydrogen-bond donors (Lipinski definition) is 2. The van der Waals surface area contributed by atoms with Crippen molar-refractivity contribution >= 4 is 40.1 Å². The van der Waals surface area contributed by atoms with Crippen LogP contribution in [0, 0.1) is 11.3 Å². The van der Waals surface area contributed by atoms with Gasteiger partial charge in [-0.2, -0.15) is 4.68 Å². The molecular formula is C31H37N9O4. The Bertz CT molecular complexity index is 1650. The molecule has 230 valence electrons. The van der Waals surface area contributed by atoms with Crippen LogP contribution in [0.25, 0.3) is 10.9 Å². The molecule has 1 unspecified atom stereocenters. The number of rotatable bonds is 6. The number of piperidine rings is 3. The smallest absolute Gasteiger partial charge is 0.278 e. The van der Waals surface area contributed by atoms with Gasteiger partial charge in [0.2, 0.25) is 11.8 Å². The maximum Gasteiger partial charge on any atom is 0.278 e. The lowest BCUT2D eigenvalue weighted by atomic mass is 9.71. The number of pyridine rings is 1. The molecule has 6 heterocycles. The number of carbonyl (C=O) groups is 3. The molecule has 0 saturated carbocycles. The molecule has 1 atom stereocenters. The predicted molar refractivity (Wildman–Crippen MR) is 163 cm³/mol. The number of anilines is 2. The topological polar surface area (TPSA) is 160 Å². The lowest BCUT2D eigenvalue weighted by molar-refractivity contribution is -0.136. The molecule has 0 radical (unpaired) electrons. The number of nitrogens with one attached hydrogen (secondary N) is 1. The zero-order valence-corrected chi connectivity index (χ0v) is 24.7. The van der Waals surface area contributed by atoms with Crippen molar-refractivity contribution in [2.24, 2.45) is 17.1 Å². The van der Waals surface area contributed by atoms with E-state index in [-0.39, 0.29) is 24.3 Å². The first-order chi connectivity index (χ1) is 21.3. The van der Waals surface area contributed by atoms with Gasteiger partial charge in [-0.15, -0.1) is 5.10 Å². The van der Waals surface area contributed by atoms with E-state index in [4.69, 9.17) is 5.73 Å². The standard InChI is InChI=1S/C31H37N9O4/c32-28(42)21-1-5-26(33-16-21)39-13-9-31(10-14-39)18-37(19-31)17-20-7-11-38(12-8-20)22-2-3-23-24(15-22)35-36-40(30(23)44)25-4-6-27(41)34-29(25)43/h1-3,5,15-16,20,25H,4,6-14,17-19H2,(H2,32,42)(H,34,41,43). The molecule has 7 rings (SSSR count). The number of amides is 3. The largest absolute Gasteiger partial charge is 0.371 e. The van der Waals surface area contributed by atoms with Gasteiger partial charge in [-0.1, -0.05) is 5.21 Å². The summed E-state index contributed by atoms with van der Waals surface area (Å²) in [4.78, 5) is 59.9. The molecule has 44 heavy (non-hydrogen) atoms. The second-order valence-electron chi connectivity index (χ2n) is 12.9. The number of imide groups is 1. The van der Waals surface area contributed by atoms with Gasteiger partial charge in [0.05, 0.1) is 10.9 Å². The van der Waals surface area contributed by atoms with E-state index in [0.717, 1.165) is 87.7 Å². The van der Waals surface area contributed by atoms with Crippen molar-refractivity contribution in [3.63, 3.8) is 0 Å². The predicted octanol–water partition coefficient (Wildman–Crippen LogP) is 1.08. The second-order valence-corrected chi connectivity index (χ2v) is 12.9. The van der Waals surface area contributed by atoms with E-state index in [1.165, 1.54) is 0 Å². The summed E-state index contributed by atoms with van der Waals surface area (Å²) in [5, 5.41) is 11.0. The van der Waals surface area contributed by atoms with Gasteiger partial charge in [0, 0.05) is 64.1 Å². The summed E-state index contributed by atoms with van der Waals surface area (Å²) in [5.74, 6) is 0.274. The number of benzene rings is 1. The number of carbonyl (C=O) groups excluding carboxylic acids is 3. The third kappa shape index (κ3) is 5.40. The molecular weight excluding hydrogens is 562 g/mol. The fraction of sp³-hybridized carbons (Fsp3) is 0.516. The van der Waals surface area contributed by atoms with Crippen molar-refractivity contribution in [2.75, 3.05) is 55.6 Å². The molecule has 13 heteroatoms. The Morgan fingerprint density at radius 1 is 0.977 bits per heavy atom. The highest BCUT2D eigenvalue weighted by molar-refractivity contribution is 5.99. The van der Waals surface area contributed by atoms with E-state index in [9.17, 15) is 19.2 Å². The van der Waals surface area contributed by atoms with Gasteiger partial charge >= 0.3 is 0 Å². The normalized spacial score (nSPS) is 22.7. The molecule has 4 fully saturated rings. The van der Waals surface area contributed by atoms with Crippen LogP contribution in [0.5, 0.6) is 0 Å². The molecule has 4 saturated heterocycles. The van der Waals surface area contributed by atoms with Gasteiger partial charge in [0.15, 0.2) is 0 Å². The Hall–Kier alpha value is -4.39. The van der Waals surface area contributed by atoms with Crippen molar-refractivity contribution in [1.29, 1.82) is 0 Å². The number of aromatic nitrogens is 4. The fourth-order valence-corrected chi connectivity index (χ4v) is 7.38. The van der Waals surface area contributed by atoms with Crippen molar-refractivity contribution in [2.45, 2.75) is 44.6 Å². The summed E-state index contributed by atoms with van der Waals surface area (Å²) in [6.45, 7) is 7.33. The zero-order valence-electron chi connectivity index (χ0n) is 24.7. The van der Waals surface area contributed by atoms with Crippen LogP contribution in [0.3, 0.4) is 0 Å². The highest BCUT2D eigenvalue weighted by Gasteiger charge is 2.45. The minimum Gasteiger partial charge on any atom is -0.371 e. The van der Waals surface area contributed by atoms with Gasteiger partial charge < -0.3 is 20.4 Å². The third-order valence-electron chi connectivity index (χ3n) is 9.97. The molecule has 4 aliphatic rings. The summed E-state index contributed by atoms with van der Waals surface area (Å²) < 4.78 is 1.10. The number of fused-ring (bicyclic) bond motifs is 1. The summed E-state index contributed by atoms with van der Waals surface area (Å²) in [7, 11) is 0.